The number of unbranched alkanes of at least 4 members (excludes halogenated alkanes) is 3. The lowest BCUT2D eigenvalue weighted by Gasteiger charge is -2.39. The van der Waals surface area contributed by atoms with Crippen molar-refractivity contribution in [2.24, 2.45) is 0 Å². The van der Waals surface area contributed by atoms with Gasteiger partial charge in [0.2, 0.25) is 0 Å². The molecule has 1 aromatic carbocycles. The Hall–Kier alpha value is -0.740. The number of nitrogens with zero attached hydrogens (tertiary/aromatic N) is 1. The molecular formula is C20H33ClF3N. The minimum atomic E-state index is -4.26. The van der Waals surface area contributed by atoms with Crippen LogP contribution in [0.5, 0.6) is 0 Å². The van der Waals surface area contributed by atoms with E-state index in [4.69, 9.17) is 0 Å². The molecule has 0 aliphatic heterocycles. The lowest BCUT2D eigenvalue weighted by atomic mass is 10.1. The van der Waals surface area contributed by atoms with Gasteiger partial charge in [-0.25, -0.2) is 0 Å². The molecule has 0 unspecified atom stereocenters. The molecule has 0 saturated carbocycles. The molecule has 146 valence electrons. The number of benzene rings is 1. The summed E-state index contributed by atoms with van der Waals surface area (Å²) in [6.07, 6.45) is 2.51. The van der Waals surface area contributed by atoms with Gasteiger partial charge in [0.15, 0.2) is 0 Å². The maximum atomic E-state index is 13.0. The van der Waals surface area contributed by atoms with E-state index in [9.17, 15) is 13.2 Å². The second-order valence-corrected chi connectivity index (χ2v) is 6.93. The molecule has 0 radical (unpaired) electrons. The summed E-state index contributed by atoms with van der Waals surface area (Å²) in [6, 6.07) is 5.91. The highest BCUT2D eigenvalue weighted by Gasteiger charge is 2.32. The summed E-state index contributed by atoms with van der Waals surface area (Å²) in [5.74, 6) is 0. The van der Waals surface area contributed by atoms with Crippen molar-refractivity contribution in [2.75, 3.05) is 19.6 Å². The van der Waals surface area contributed by atoms with Gasteiger partial charge in [0.25, 0.3) is 0 Å². The third kappa shape index (κ3) is 8.46. The van der Waals surface area contributed by atoms with E-state index in [2.05, 4.69) is 20.8 Å². The van der Waals surface area contributed by atoms with Crippen LogP contribution in [0.3, 0.4) is 0 Å². The monoisotopic (exact) mass is 379 g/mol. The van der Waals surface area contributed by atoms with Crippen molar-refractivity contribution in [3.8, 4) is 0 Å². The molecule has 0 fully saturated rings. The maximum absolute atomic E-state index is 13.0. The summed E-state index contributed by atoms with van der Waals surface area (Å²) < 4.78 is 39.9. The number of hydrogen-bond donors (Lipinski definition) is 0. The lowest BCUT2D eigenvalue weighted by Crippen LogP contribution is -3.00. The summed E-state index contributed by atoms with van der Waals surface area (Å²) in [7, 11) is 0. The molecule has 0 bridgehead atoms. The fourth-order valence-corrected chi connectivity index (χ4v) is 3.29. The molecular weight excluding hydrogens is 347 g/mol. The second kappa shape index (κ2) is 11.8. The summed E-state index contributed by atoms with van der Waals surface area (Å²) in [5.41, 5.74) is 0.285. The Morgan fingerprint density at radius 1 is 0.840 bits per heavy atom. The molecule has 1 nitrogen and oxygen atoms in total. The van der Waals surface area contributed by atoms with Gasteiger partial charge in [0.1, 0.15) is 6.54 Å². The maximum Gasteiger partial charge on any atom is 0.416 e. The highest BCUT2D eigenvalue weighted by atomic mass is 35.5. The van der Waals surface area contributed by atoms with Crippen molar-refractivity contribution in [3.05, 3.63) is 35.4 Å². The van der Waals surface area contributed by atoms with Crippen molar-refractivity contribution >= 4 is 0 Å². The first kappa shape index (κ1) is 24.3. The number of hydrogen-bond acceptors (Lipinski definition) is 0. The number of rotatable bonds is 11. The molecule has 0 saturated heterocycles. The van der Waals surface area contributed by atoms with Gasteiger partial charge in [-0.05, 0) is 31.4 Å². The van der Waals surface area contributed by atoms with E-state index in [0.717, 1.165) is 68.2 Å². The molecule has 0 amide bonds. The first-order chi connectivity index (χ1) is 11.4. The Kier molecular flexibility index (Phi) is 11.4. The Morgan fingerprint density at radius 2 is 1.32 bits per heavy atom. The predicted octanol–water partition coefficient (Wildman–Crippen LogP) is 3.43. The Bertz CT molecular complexity index is 452. The van der Waals surface area contributed by atoms with E-state index in [1.54, 1.807) is 6.07 Å². The molecule has 1 aromatic rings. The number of quaternary nitrogens is 1. The van der Waals surface area contributed by atoms with Crippen LogP contribution in [-0.2, 0) is 12.7 Å². The van der Waals surface area contributed by atoms with E-state index in [0.29, 0.717) is 6.54 Å². The summed E-state index contributed by atoms with van der Waals surface area (Å²) in [4.78, 5) is 0. The van der Waals surface area contributed by atoms with Crippen LogP contribution in [0.1, 0.15) is 70.4 Å². The average molecular weight is 380 g/mol. The van der Waals surface area contributed by atoms with Crippen LogP contribution in [0, 0.1) is 0 Å². The zero-order valence-electron chi connectivity index (χ0n) is 15.8. The van der Waals surface area contributed by atoms with Crippen LogP contribution in [0.25, 0.3) is 0 Å². The molecule has 0 aliphatic carbocycles. The smallest absolute Gasteiger partial charge is 0.416 e. The predicted molar refractivity (Wildman–Crippen MR) is 94.7 cm³/mol. The Morgan fingerprint density at radius 3 is 1.72 bits per heavy atom. The van der Waals surface area contributed by atoms with Crippen LogP contribution in [0.2, 0.25) is 0 Å². The van der Waals surface area contributed by atoms with Gasteiger partial charge < -0.3 is 16.9 Å². The fraction of sp³-hybridized carbons (Fsp3) is 0.700. The highest BCUT2D eigenvalue weighted by molar-refractivity contribution is 5.25. The fourth-order valence-electron chi connectivity index (χ4n) is 3.29. The van der Waals surface area contributed by atoms with Crippen molar-refractivity contribution in [1.29, 1.82) is 0 Å². The lowest BCUT2D eigenvalue weighted by molar-refractivity contribution is -0.941. The molecule has 5 heteroatoms. The van der Waals surface area contributed by atoms with Gasteiger partial charge in [0, 0.05) is 5.56 Å². The van der Waals surface area contributed by atoms with Gasteiger partial charge >= 0.3 is 6.18 Å². The van der Waals surface area contributed by atoms with E-state index >= 15 is 0 Å². The standard InChI is InChI=1S/C20H33F3N.ClH/c1-4-7-13-24(14-8-5-2,15-9-6-3)17-18-11-10-12-19(16-18)20(21,22)23;/h10-12,16H,4-9,13-15,17H2,1-3H3;1H/q+1;/p-1. The third-order valence-corrected chi connectivity index (χ3v) is 4.73. The summed E-state index contributed by atoms with van der Waals surface area (Å²) in [5, 5.41) is 0. The largest absolute Gasteiger partial charge is 1.00 e. The normalized spacial score (nSPS) is 12.1. The minimum Gasteiger partial charge on any atom is -1.00 e. The molecule has 0 heterocycles. The van der Waals surface area contributed by atoms with Gasteiger partial charge in [-0.2, -0.15) is 13.2 Å². The van der Waals surface area contributed by atoms with Crippen LogP contribution in [0.4, 0.5) is 13.2 Å². The molecule has 0 atom stereocenters. The van der Waals surface area contributed by atoms with Crippen molar-refractivity contribution < 1.29 is 30.1 Å². The van der Waals surface area contributed by atoms with E-state index < -0.39 is 11.7 Å². The van der Waals surface area contributed by atoms with Crippen molar-refractivity contribution in [3.63, 3.8) is 0 Å². The zero-order valence-corrected chi connectivity index (χ0v) is 16.6. The summed E-state index contributed by atoms with van der Waals surface area (Å²) >= 11 is 0. The highest BCUT2D eigenvalue weighted by Crippen LogP contribution is 2.30. The third-order valence-electron chi connectivity index (χ3n) is 4.73. The van der Waals surface area contributed by atoms with Gasteiger partial charge in [-0.15, -0.1) is 0 Å². The van der Waals surface area contributed by atoms with E-state index in [1.807, 2.05) is 6.07 Å². The zero-order chi connectivity index (χ0) is 18.1. The minimum absolute atomic E-state index is 0. The van der Waals surface area contributed by atoms with Crippen molar-refractivity contribution in [1.82, 2.24) is 0 Å². The van der Waals surface area contributed by atoms with E-state index in [1.165, 1.54) is 12.1 Å². The Labute approximate surface area is 157 Å². The SMILES string of the molecule is CCCC[N+](CCCC)(CCCC)Cc1cccc(C(F)(F)F)c1.[Cl-]. The van der Waals surface area contributed by atoms with Gasteiger partial charge in [0.05, 0.1) is 25.2 Å². The molecule has 1 rings (SSSR count). The van der Waals surface area contributed by atoms with Crippen LogP contribution < -0.4 is 12.4 Å². The van der Waals surface area contributed by atoms with Crippen molar-refractivity contribution in [2.45, 2.75) is 72.0 Å². The topological polar surface area (TPSA) is 0 Å². The molecule has 0 aromatic heterocycles. The first-order valence-electron chi connectivity index (χ1n) is 9.38. The van der Waals surface area contributed by atoms with Crippen LogP contribution >= 0.6 is 0 Å². The molecule has 0 N–H and O–H groups in total. The summed E-state index contributed by atoms with van der Waals surface area (Å²) in [6.45, 7) is 10.4. The average Bonchev–Trinajstić information content (AvgIpc) is 2.55. The molecule has 0 aliphatic rings. The quantitative estimate of drug-likeness (QED) is 0.517. The Balaban J connectivity index is 0.00000576. The van der Waals surface area contributed by atoms with Gasteiger partial charge in [-0.3, -0.25) is 0 Å². The number of alkyl halides is 3. The second-order valence-electron chi connectivity index (χ2n) is 6.93. The van der Waals surface area contributed by atoms with Crippen LogP contribution in [-0.4, -0.2) is 24.1 Å². The van der Waals surface area contributed by atoms with E-state index in [-0.39, 0.29) is 12.4 Å². The molecule has 0 spiro atoms. The van der Waals surface area contributed by atoms with Gasteiger partial charge in [-0.1, -0.05) is 52.2 Å². The number of halogens is 4. The first-order valence-corrected chi connectivity index (χ1v) is 9.38. The van der Waals surface area contributed by atoms with Crippen LogP contribution in [0.15, 0.2) is 24.3 Å². The molecule has 25 heavy (non-hydrogen) atoms.